The van der Waals surface area contributed by atoms with Gasteiger partial charge in [-0.25, -0.2) is 4.39 Å². The Morgan fingerprint density at radius 1 is 1.25 bits per heavy atom. The smallest absolute Gasteiger partial charge is 0.270 e. The van der Waals surface area contributed by atoms with Crippen molar-refractivity contribution < 1.29 is 8.91 Å². The summed E-state index contributed by atoms with van der Waals surface area (Å²) >= 11 is 1.45. The second-order valence-corrected chi connectivity index (χ2v) is 5.42. The van der Waals surface area contributed by atoms with Gasteiger partial charge in [-0.15, -0.1) is 11.3 Å². The molecule has 0 aliphatic rings. The number of rotatable bonds is 2. The Morgan fingerprint density at radius 3 is 2.75 bits per heavy atom. The third kappa shape index (κ3) is 2.08. The quantitative estimate of drug-likeness (QED) is 0.779. The minimum Gasteiger partial charge on any atom is -0.397 e. The first-order valence-corrected chi connectivity index (χ1v) is 6.88. The van der Waals surface area contributed by atoms with Gasteiger partial charge >= 0.3 is 0 Å². The van der Waals surface area contributed by atoms with E-state index in [9.17, 15) is 4.39 Å². The fourth-order valence-electron chi connectivity index (χ4n) is 1.88. The number of aromatic nitrogens is 2. The van der Waals surface area contributed by atoms with E-state index in [2.05, 4.69) is 10.1 Å². The number of halogens is 1. The Hall–Kier alpha value is -2.21. The van der Waals surface area contributed by atoms with Crippen molar-refractivity contribution in [3.05, 3.63) is 40.5 Å². The summed E-state index contributed by atoms with van der Waals surface area (Å²) in [6, 6.07) is 4.48. The lowest BCUT2D eigenvalue weighted by atomic mass is 10.1. The van der Waals surface area contributed by atoms with Gasteiger partial charge < -0.3 is 10.3 Å². The van der Waals surface area contributed by atoms with Gasteiger partial charge in [0.1, 0.15) is 10.7 Å². The number of anilines is 1. The van der Waals surface area contributed by atoms with Crippen LogP contribution in [0.25, 0.3) is 22.2 Å². The van der Waals surface area contributed by atoms with Gasteiger partial charge in [0.05, 0.1) is 5.69 Å². The first-order valence-electron chi connectivity index (χ1n) is 6.00. The molecular weight excluding hydrogens is 277 g/mol. The zero-order valence-corrected chi connectivity index (χ0v) is 11.8. The van der Waals surface area contributed by atoms with Crippen molar-refractivity contribution in [3.8, 4) is 22.2 Å². The van der Waals surface area contributed by atoms with Crippen molar-refractivity contribution in [2.24, 2.45) is 0 Å². The average molecular weight is 289 g/mol. The first kappa shape index (κ1) is 12.8. The zero-order chi connectivity index (χ0) is 14.3. The maximum atomic E-state index is 13.3. The molecule has 0 bridgehead atoms. The molecule has 3 rings (SSSR count). The number of nitrogens with two attached hydrogens (primary N) is 1. The highest BCUT2D eigenvalue weighted by molar-refractivity contribution is 7.14. The van der Waals surface area contributed by atoms with E-state index >= 15 is 0 Å². The molecule has 2 aromatic heterocycles. The van der Waals surface area contributed by atoms with Crippen molar-refractivity contribution in [1.29, 1.82) is 0 Å². The second kappa shape index (κ2) is 4.72. The molecule has 20 heavy (non-hydrogen) atoms. The van der Waals surface area contributed by atoms with Crippen LogP contribution in [0.2, 0.25) is 0 Å². The highest BCUT2D eigenvalue weighted by Gasteiger charge is 2.17. The van der Waals surface area contributed by atoms with Crippen LogP contribution >= 0.6 is 11.3 Å². The van der Waals surface area contributed by atoms with E-state index in [4.69, 9.17) is 10.3 Å². The molecule has 2 N–H and O–H groups in total. The van der Waals surface area contributed by atoms with Crippen molar-refractivity contribution in [2.45, 2.75) is 13.8 Å². The third-order valence-electron chi connectivity index (χ3n) is 3.08. The van der Waals surface area contributed by atoms with E-state index in [1.807, 2.05) is 19.2 Å². The van der Waals surface area contributed by atoms with Gasteiger partial charge in [-0.05, 0) is 42.5 Å². The fraction of sp³-hybridized carbons (Fsp3) is 0.143. The Balaban J connectivity index is 2.06. The number of hydrogen-bond acceptors (Lipinski definition) is 5. The molecule has 0 aliphatic carbocycles. The molecule has 0 radical (unpaired) electrons. The molecule has 1 aromatic carbocycles. The Morgan fingerprint density at radius 2 is 2.05 bits per heavy atom. The van der Waals surface area contributed by atoms with Crippen LogP contribution in [-0.4, -0.2) is 10.1 Å². The molecule has 0 saturated carbocycles. The molecule has 0 saturated heterocycles. The van der Waals surface area contributed by atoms with E-state index in [0.29, 0.717) is 23.0 Å². The summed E-state index contributed by atoms with van der Waals surface area (Å²) in [7, 11) is 0. The van der Waals surface area contributed by atoms with Crippen LogP contribution in [0.1, 0.15) is 11.1 Å². The average Bonchev–Trinajstić information content (AvgIpc) is 3.01. The summed E-state index contributed by atoms with van der Waals surface area (Å²) in [5, 5.41) is 5.85. The van der Waals surface area contributed by atoms with Crippen LogP contribution in [0.3, 0.4) is 0 Å². The van der Waals surface area contributed by atoms with Crippen LogP contribution in [0, 0.1) is 19.7 Å². The highest BCUT2D eigenvalue weighted by Crippen LogP contribution is 2.34. The number of thiophene rings is 1. The minimum absolute atomic E-state index is 0.330. The first-order chi connectivity index (χ1) is 9.56. The van der Waals surface area contributed by atoms with Crippen molar-refractivity contribution in [2.75, 3.05) is 5.73 Å². The molecule has 0 fully saturated rings. The van der Waals surface area contributed by atoms with E-state index in [1.54, 1.807) is 6.07 Å². The SMILES string of the molecule is Cc1ccc(F)cc1-c1noc(-c2scc(C)c2N)n1. The van der Waals surface area contributed by atoms with Gasteiger partial charge in [0.25, 0.3) is 5.89 Å². The van der Waals surface area contributed by atoms with Gasteiger partial charge in [-0.3, -0.25) is 0 Å². The summed E-state index contributed by atoms with van der Waals surface area (Å²) in [5.74, 6) is 0.394. The Kier molecular flexibility index (Phi) is 3.02. The third-order valence-corrected chi connectivity index (χ3v) is 4.19. The van der Waals surface area contributed by atoms with E-state index in [-0.39, 0.29) is 5.82 Å². The fourth-order valence-corrected chi connectivity index (χ4v) is 2.77. The maximum absolute atomic E-state index is 13.3. The Bertz CT molecular complexity index is 779. The van der Waals surface area contributed by atoms with E-state index in [1.165, 1.54) is 23.5 Å². The topological polar surface area (TPSA) is 64.9 Å². The molecule has 102 valence electrons. The van der Waals surface area contributed by atoms with Gasteiger partial charge in [0.15, 0.2) is 0 Å². The summed E-state index contributed by atoms with van der Waals surface area (Å²) in [6.07, 6.45) is 0. The molecule has 3 aromatic rings. The molecular formula is C14H12FN3OS. The summed E-state index contributed by atoms with van der Waals surface area (Å²) in [6.45, 7) is 3.79. The van der Waals surface area contributed by atoms with Crippen LogP contribution in [0.4, 0.5) is 10.1 Å². The van der Waals surface area contributed by atoms with E-state index in [0.717, 1.165) is 16.0 Å². The highest BCUT2D eigenvalue weighted by atomic mass is 32.1. The number of hydrogen-bond donors (Lipinski definition) is 1. The molecule has 6 heteroatoms. The van der Waals surface area contributed by atoms with Crippen LogP contribution in [-0.2, 0) is 0 Å². The van der Waals surface area contributed by atoms with Gasteiger partial charge in [-0.1, -0.05) is 11.2 Å². The molecule has 0 atom stereocenters. The molecule has 0 aliphatic heterocycles. The minimum atomic E-state index is -0.330. The number of nitrogens with zero attached hydrogens (tertiary/aromatic N) is 2. The van der Waals surface area contributed by atoms with Gasteiger partial charge in [-0.2, -0.15) is 4.98 Å². The number of benzene rings is 1. The van der Waals surface area contributed by atoms with Gasteiger partial charge in [0, 0.05) is 5.56 Å². The van der Waals surface area contributed by atoms with Gasteiger partial charge in [0.2, 0.25) is 5.82 Å². The monoisotopic (exact) mass is 289 g/mol. The predicted octanol–water partition coefficient (Wildman–Crippen LogP) is 3.80. The largest absolute Gasteiger partial charge is 0.397 e. The molecule has 2 heterocycles. The lowest BCUT2D eigenvalue weighted by molar-refractivity contribution is 0.433. The van der Waals surface area contributed by atoms with Crippen molar-refractivity contribution in [3.63, 3.8) is 0 Å². The lowest BCUT2D eigenvalue weighted by Crippen LogP contribution is -1.89. The molecule has 0 amide bonds. The van der Waals surface area contributed by atoms with Crippen LogP contribution in [0.15, 0.2) is 28.1 Å². The molecule has 0 unspecified atom stereocenters. The summed E-state index contributed by atoms with van der Waals surface area (Å²) < 4.78 is 18.6. The van der Waals surface area contributed by atoms with Crippen molar-refractivity contribution in [1.82, 2.24) is 10.1 Å². The normalized spacial score (nSPS) is 10.9. The molecule has 0 spiro atoms. The number of aryl methyl sites for hydroxylation is 2. The standard InChI is InChI=1S/C14H12FN3OS/c1-7-3-4-9(15)5-10(7)13-17-14(19-18-13)12-11(16)8(2)6-20-12/h3-6H,16H2,1-2H3. The van der Waals surface area contributed by atoms with Crippen LogP contribution in [0.5, 0.6) is 0 Å². The number of nitrogen functional groups attached to an aromatic ring is 1. The second-order valence-electron chi connectivity index (χ2n) is 4.54. The lowest BCUT2D eigenvalue weighted by Gasteiger charge is -1.99. The summed E-state index contributed by atoms with van der Waals surface area (Å²) in [4.78, 5) is 5.06. The van der Waals surface area contributed by atoms with Crippen LogP contribution < -0.4 is 5.73 Å². The molecule has 4 nitrogen and oxygen atoms in total. The van der Waals surface area contributed by atoms with Crippen molar-refractivity contribution >= 4 is 17.0 Å². The Labute approximate surface area is 119 Å². The maximum Gasteiger partial charge on any atom is 0.270 e. The zero-order valence-electron chi connectivity index (χ0n) is 11.0. The van der Waals surface area contributed by atoms with E-state index < -0.39 is 0 Å². The predicted molar refractivity (Wildman–Crippen MR) is 76.9 cm³/mol. The summed E-state index contributed by atoms with van der Waals surface area (Å²) in [5.41, 5.74) is 9.08.